The van der Waals surface area contributed by atoms with E-state index in [1.54, 1.807) is 26.4 Å². The summed E-state index contributed by atoms with van der Waals surface area (Å²) in [5, 5.41) is 3.09. The van der Waals surface area contributed by atoms with Crippen LogP contribution >= 0.6 is 15.9 Å². The lowest BCUT2D eigenvalue weighted by atomic mass is 9.97. The van der Waals surface area contributed by atoms with Crippen LogP contribution in [-0.2, 0) is 0 Å². The van der Waals surface area contributed by atoms with Crippen LogP contribution in [0.25, 0.3) is 0 Å². The van der Waals surface area contributed by atoms with Crippen LogP contribution < -0.4 is 20.5 Å². The van der Waals surface area contributed by atoms with Gasteiger partial charge in [-0.3, -0.25) is 4.79 Å². The van der Waals surface area contributed by atoms with Crippen LogP contribution in [0, 0.1) is 0 Å². The van der Waals surface area contributed by atoms with E-state index >= 15 is 0 Å². The quantitative estimate of drug-likeness (QED) is 0.849. The largest absolute Gasteiger partial charge is 0.495 e. The SMILES string of the molecule is COc1cc(C(=O)NC2(CN)CCCC2)cc(OC)c1Br. The topological polar surface area (TPSA) is 73.6 Å². The lowest BCUT2D eigenvalue weighted by Crippen LogP contribution is -2.51. The predicted octanol–water partition coefficient (Wildman–Crippen LogP) is 2.47. The summed E-state index contributed by atoms with van der Waals surface area (Å²) >= 11 is 3.40. The summed E-state index contributed by atoms with van der Waals surface area (Å²) in [6, 6.07) is 3.39. The minimum absolute atomic E-state index is 0.147. The molecule has 1 aliphatic rings. The molecule has 0 aliphatic heterocycles. The van der Waals surface area contributed by atoms with Gasteiger partial charge in [0.2, 0.25) is 0 Å². The van der Waals surface area contributed by atoms with E-state index in [4.69, 9.17) is 15.2 Å². The van der Waals surface area contributed by atoms with Crippen molar-refractivity contribution in [1.82, 2.24) is 5.32 Å². The number of benzene rings is 1. The zero-order valence-electron chi connectivity index (χ0n) is 12.4. The number of carbonyl (C=O) groups excluding carboxylic acids is 1. The molecule has 1 aromatic carbocycles. The Morgan fingerprint density at radius 1 is 1.29 bits per heavy atom. The molecule has 116 valence electrons. The highest BCUT2D eigenvalue weighted by atomic mass is 79.9. The first-order chi connectivity index (χ1) is 10.0. The molecule has 0 aromatic heterocycles. The number of hydrogen-bond acceptors (Lipinski definition) is 4. The maximum absolute atomic E-state index is 12.5. The number of methoxy groups -OCH3 is 2. The van der Waals surface area contributed by atoms with Crippen molar-refractivity contribution in [1.29, 1.82) is 0 Å². The molecular weight excluding hydrogens is 336 g/mol. The van der Waals surface area contributed by atoms with Crippen LogP contribution in [0.2, 0.25) is 0 Å². The zero-order chi connectivity index (χ0) is 15.5. The summed E-state index contributed by atoms with van der Waals surface area (Å²) in [5.41, 5.74) is 6.09. The number of nitrogens with one attached hydrogen (secondary N) is 1. The molecule has 0 bridgehead atoms. The first-order valence-corrected chi connectivity index (χ1v) is 7.78. The number of amides is 1. The molecule has 21 heavy (non-hydrogen) atoms. The van der Waals surface area contributed by atoms with E-state index in [0.717, 1.165) is 25.7 Å². The highest BCUT2D eigenvalue weighted by Gasteiger charge is 2.34. The zero-order valence-corrected chi connectivity index (χ0v) is 14.0. The molecule has 0 spiro atoms. The number of hydrogen-bond donors (Lipinski definition) is 2. The lowest BCUT2D eigenvalue weighted by molar-refractivity contribution is 0.0902. The van der Waals surface area contributed by atoms with Gasteiger partial charge < -0.3 is 20.5 Å². The molecule has 1 aromatic rings. The van der Waals surface area contributed by atoms with Gasteiger partial charge in [-0.1, -0.05) is 12.8 Å². The first kappa shape index (κ1) is 16.1. The average Bonchev–Trinajstić information content (AvgIpc) is 2.96. The molecule has 6 heteroatoms. The molecule has 0 unspecified atom stereocenters. The van der Waals surface area contributed by atoms with Crippen LogP contribution in [0.4, 0.5) is 0 Å². The van der Waals surface area contributed by atoms with Crippen molar-refractivity contribution in [3.05, 3.63) is 22.2 Å². The molecule has 1 fully saturated rings. The summed E-state index contributed by atoms with van der Waals surface area (Å²) in [5.74, 6) is 0.979. The maximum atomic E-state index is 12.5. The smallest absolute Gasteiger partial charge is 0.252 e. The van der Waals surface area contributed by atoms with Gasteiger partial charge in [0.25, 0.3) is 5.91 Å². The third-order valence-electron chi connectivity index (χ3n) is 4.04. The lowest BCUT2D eigenvalue weighted by Gasteiger charge is -2.28. The molecular formula is C15H21BrN2O3. The molecule has 0 atom stereocenters. The molecule has 0 heterocycles. The third kappa shape index (κ3) is 3.32. The van der Waals surface area contributed by atoms with E-state index in [1.807, 2.05) is 0 Å². The Morgan fingerprint density at radius 2 is 1.81 bits per heavy atom. The van der Waals surface area contributed by atoms with Crippen molar-refractivity contribution in [3.8, 4) is 11.5 Å². The summed E-state index contributed by atoms with van der Waals surface area (Å²) in [4.78, 5) is 12.5. The summed E-state index contributed by atoms with van der Waals surface area (Å²) < 4.78 is 11.2. The maximum Gasteiger partial charge on any atom is 0.252 e. The molecule has 2 rings (SSSR count). The van der Waals surface area contributed by atoms with E-state index in [0.29, 0.717) is 28.1 Å². The van der Waals surface area contributed by atoms with E-state index in [2.05, 4.69) is 21.2 Å². The standard InChI is InChI=1S/C15H21BrN2O3/c1-20-11-7-10(8-12(21-2)13(11)16)14(19)18-15(9-17)5-3-4-6-15/h7-8H,3-6,9,17H2,1-2H3,(H,18,19). The fraction of sp³-hybridized carbons (Fsp3) is 0.533. The number of nitrogens with two attached hydrogens (primary N) is 1. The van der Waals surface area contributed by atoms with Gasteiger partial charge in [0, 0.05) is 12.1 Å². The van der Waals surface area contributed by atoms with Crippen molar-refractivity contribution in [2.75, 3.05) is 20.8 Å². The minimum Gasteiger partial charge on any atom is -0.495 e. The van der Waals surface area contributed by atoms with Crippen molar-refractivity contribution < 1.29 is 14.3 Å². The van der Waals surface area contributed by atoms with Crippen LogP contribution in [0.15, 0.2) is 16.6 Å². The van der Waals surface area contributed by atoms with Gasteiger partial charge in [-0.15, -0.1) is 0 Å². The van der Waals surface area contributed by atoms with Crippen molar-refractivity contribution in [3.63, 3.8) is 0 Å². The second-order valence-electron chi connectivity index (χ2n) is 5.34. The Hall–Kier alpha value is -1.27. The second-order valence-corrected chi connectivity index (χ2v) is 6.13. The normalized spacial score (nSPS) is 16.6. The Morgan fingerprint density at radius 3 is 2.24 bits per heavy atom. The molecule has 1 aliphatic carbocycles. The van der Waals surface area contributed by atoms with Gasteiger partial charge in [-0.25, -0.2) is 0 Å². The summed E-state index contributed by atoms with van der Waals surface area (Å²) in [6.07, 6.45) is 4.06. The van der Waals surface area contributed by atoms with Crippen molar-refractivity contribution >= 4 is 21.8 Å². The predicted molar refractivity (Wildman–Crippen MR) is 85.0 cm³/mol. The van der Waals surface area contributed by atoms with E-state index < -0.39 is 0 Å². The highest BCUT2D eigenvalue weighted by molar-refractivity contribution is 9.10. The van der Waals surface area contributed by atoms with Gasteiger partial charge in [0.05, 0.1) is 19.8 Å². The number of rotatable bonds is 5. The third-order valence-corrected chi connectivity index (χ3v) is 4.82. The number of halogens is 1. The average molecular weight is 357 g/mol. The van der Waals surface area contributed by atoms with Crippen molar-refractivity contribution in [2.24, 2.45) is 5.73 Å². The molecule has 0 radical (unpaired) electrons. The Labute approximate surface area is 133 Å². The Bertz CT molecular complexity index is 503. The molecule has 1 amide bonds. The van der Waals surface area contributed by atoms with Gasteiger partial charge in [0.1, 0.15) is 16.0 Å². The number of carbonyl (C=O) groups is 1. The molecule has 5 nitrogen and oxygen atoms in total. The molecule has 0 saturated heterocycles. The van der Waals surface area contributed by atoms with E-state index in [9.17, 15) is 4.79 Å². The summed E-state index contributed by atoms with van der Waals surface area (Å²) in [7, 11) is 3.11. The van der Waals surface area contributed by atoms with Crippen LogP contribution in [0.5, 0.6) is 11.5 Å². The van der Waals surface area contributed by atoms with Gasteiger partial charge >= 0.3 is 0 Å². The van der Waals surface area contributed by atoms with Gasteiger partial charge in [-0.05, 0) is 40.9 Å². The van der Waals surface area contributed by atoms with Crippen LogP contribution in [-0.4, -0.2) is 32.2 Å². The van der Waals surface area contributed by atoms with Crippen molar-refractivity contribution in [2.45, 2.75) is 31.2 Å². The van der Waals surface area contributed by atoms with E-state index in [-0.39, 0.29) is 11.4 Å². The molecule has 3 N–H and O–H groups in total. The molecule has 1 saturated carbocycles. The fourth-order valence-electron chi connectivity index (χ4n) is 2.75. The first-order valence-electron chi connectivity index (χ1n) is 6.99. The number of ether oxygens (including phenoxy) is 2. The monoisotopic (exact) mass is 356 g/mol. The fourth-order valence-corrected chi connectivity index (χ4v) is 3.30. The second kappa shape index (κ2) is 6.66. The Balaban J connectivity index is 2.26. The van der Waals surface area contributed by atoms with Gasteiger partial charge in [0.15, 0.2) is 0 Å². The van der Waals surface area contributed by atoms with Crippen LogP contribution in [0.3, 0.4) is 0 Å². The highest BCUT2D eigenvalue weighted by Crippen LogP contribution is 2.36. The summed E-state index contributed by atoms with van der Waals surface area (Å²) in [6.45, 7) is 0.462. The van der Waals surface area contributed by atoms with Gasteiger partial charge in [-0.2, -0.15) is 0 Å². The Kier molecular flexibility index (Phi) is 5.11. The minimum atomic E-state index is -0.273. The van der Waals surface area contributed by atoms with Crippen LogP contribution in [0.1, 0.15) is 36.0 Å². The van der Waals surface area contributed by atoms with E-state index in [1.165, 1.54) is 0 Å².